The Balaban J connectivity index is 2.79. The molecule has 0 saturated carbocycles. The number of halogens is 10. The van der Waals surface area contributed by atoms with Gasteiger partial charge in [0.2, 0.25) is 0 Å². The van der Waals surface area contributed by atoms with Gasteiger partial charge in [0.15, 0.2) is 0 Å². The molecule has 1 aliphatic carbocycles. The monoisotopic (exact) mass is 945 g/mol. The summed E-state index contributed by atoms with van der Waals surface area (Å²) in [5.74, 6) is 0. The Morgan fingerprint density at radius 3 is 1.52 bits per heavy atom. The van der Waals surface area contributed by atoms with Gasteiger partial charge in [0.1, 0.15) is 3.23 Å². The smallest absolute Gasteiger partial charge is 0.0614 e. The van der Waals surface area contributed by atoms with Crippen LogP contribution in [0, 0.1) is 0 Å². The second-order valence-electron chi connectivity index (χ2n) is 4.59. The fourth-order valence-electron chi connectivity index (χ4n) is 2.40. The molecule has 0 bridgehead atoms. The third-order valence-corrected chi connectivity index (χ3v) is 15.3. The predicted molar refractivity (Wildman–Crippen MR) is 134 cm³/mol. The molecule has 0 heterocycles. The first-order valence-electron chi connectivity index (χ1n) is 5.64. The number of allylic oxidation sites excluding steroid dienone is 1. The van der Waals surface area contributed by atoms with E-state index in [1.807, 2.05) is 0 Å². The van der Waals surface area contributed by atoms with Gasteiger partial charge in [-0.05, 0) is 112 Å². The lowest BCUT2D eigenvalue weighted by Crippen LogP contribution is -2.17. The Bertz CT molecular complexity index is 917. The summed E-state index contributed by atoms with van der Waals surface area (Å²) in [5.41, 5.74) is 2.14. The van der Waals surface area contributed by atoms with E-state index < -0.39 is 3.23 Å². The van der Waals surface area contributed by atoms with Gasteiger partial charge in [-0.3, -0.25) is 0 Å². The van der Waals surface area contributed by atoms with Crippen molar-refractivity contribution >= 4 is 175 Å². The highest BCUT2D eigenvalue weighted by Gasteiger charge is 2.42. The van der Waals surface area contributed by atoms with E-state index in [1.165, 1.54) is 0 Å². The van der Waals surface area contributed by atoms with Crippen LogP contribution in [0.3, 0.4) is 0 Å². The van der Waals surface area contributed by atoms with Gasteiger partial charge >= 0.3 is 0 Å². The zero-order valence-electron chi connectivity index (χ0n) is 10.3. The highest BCUT2D eigenvalue weighted by molar-refractivity contribution is 9.26. The summed E-state index contributed by atoms with van der Waals surface area (Å²) in [4.78, 5) is 0. The van der Waals surface area contributed by atoms with Crippen molar-refractivity contribution in [1.82, 2.24) is 0 Å². The van der Waals surface area contributed by atoms with Crippen molar-refractivity contribution in [1.29, 1.82) is 0 Å². The van der Waals surface area contributed by atoms with Crippen LogP contribution in [0.25, 0.3) is 15.3 Å². The summed E-state index contributed by atoms with van der Waals surface area (Å²) in [6.45, 7) is 0. The lowest BCUT2D eigenvalue weighted by molar-refractivity contribution is 1.16. The molecule has 0 aliphatic heterocycles. The molecule has 0 fully saturated rings. The van der Waals surface area contributed by atoms with Gasteiger partial charge in [0.25, 0.3) is 0 Å². The van der Waals surface area contributed by atoms with Crippen molar-refractivity contribution in [3.63, 3.8) is 0 Å². The summed E-state index contributed by atoms with van der Waals surface area (Å²) in [6, 6.07) is 0. The molecule has 0 nitrogen and oxygen atoms in total. The molecule has 0 radical (unpaired) electrons. The molecule has 2 aromatic carbocycles. The van der Waals surface area contributed by atoms with Crippen LogP contribution in [0.1, 0.15) is 11.1 Å². The number of alkyl halides is 2. The maximum Gasteiger partial charge on any atom is 0.139 e. The van der Waals surface area contributed by atoms with Gasteiger partial charge in [-0.15, -0.1) is 0 Å². The van der Waals surface area contributed by atoms with Gasteiger partial charge in [-0.25, -0.2) is 0 Å². The van der Waals surface area contributed by atoms with E-state index in [1.54, 1.807) is 0 Å². The van der Waals surface area contributed by atoms with Gasteiger partial charge in [0, 0.05) is 57.7 Å². The SMILES string of the molecule is BrC1=C(Br)C(Br)(Br)c2c(Br)c(Br)c(Br)c3c(Br)c(Br)c(Br)c1c23. The minimum Gasteiger partial charge on any atom is -0.0614 e. The molecular formula is C13Br10. The van der Waals surface area contributed by atoms with Crippen molar-refractivity contribution in [3.8, 4) is 0 Å². The van der Waals surface area contributed by atoms with Crippen LogP contribution in [-0.2, 0) is 3.23 Å². The minimum atomic E-state index is -0.557. The van der Waals surface area contributed by atoms with Crippen LogP contribution in [0.5, 0.6) is 0 Å². The highest BCUT2D eigenvalue weighted by Crippen LogP contribution is 2.63. The molecule has 122 valence electrons. The maximum atomic E-state index is 3.81. The first-order valence-corrected chi connectivity index (χ1v) is 13.6. The molecule has 0 N–H and O–H groups in total. The fourth-order valence-corrected chi connectivity index (χ4v) is 10.1. The van der Waals surface area contributed by atoms with Crippen molar-refractivity contribution < 1.29 is 0 Å². The Morgan fingerprint density at radius 1 is 0.522 bits per heavy atom. The van der Waals surface area contributed by atoms with Gasteiger partial charge < -0.3 is 0 Å². The van der Waals surface area contributed by atoms with Crippen LogP contribution < -0.4 is 0 Å². The third-order valence-electron chi connectivity index (χ3n) is 3.40. The van der Waals surface area contributed by atoms with Crippen molar-refractivity contribution in [2.45, 2.75) is 3.23 Å². The van der Waals surface area contributed by atoms with E-state index in [9.17, 15) is 0 Å². The molecule has 10 heteroatoms. The molecule has 3 rings (SSSR count). The number of benzene rings is 2. The molecule has 0 amide bonds. The van der Waals surface area contributed by atoms with Crippen LogP contribution in [0.4, 0.5) is 0 Å². The Kier molecular flexibility index (Phi) is 6.60. The molecule has 1 aliphatic rings. The predicted octanol–water partition coefficient (Wildman–Crippen LogP) is 10.8. The molecule has 23 heavy (non-hydrogen) atoms. The second-order valence-corrected chi connectivity index (χ2v) is 14.4. The Labute approximate surface area is 216 Å². The summed E-state index contributed by atoms with van der Waals surface area (Å²) in [7, 11) is 0. The zero-order valence-corrected chi connectivity index (χ0v) is 26.1. The zero-order chi connectivity index (χ0) is 17.4. The largest absolute Gasteiger partial charge is 0.139 e. The quantitative estimate of drug-likeness (QED) is 0.182. The summed E-state index contributed by atoms with van der Waals surface area (Å²) in [5, 5.41) is 2.18. The van der Waals surface area contributed by atoms with Crippen molar-refractivity contribution in [2.75, 3.05) is 0 Å². The molecule has 2 aromatic rings. The standard InChI is InChI=1S/C13Br10/c14-5-2-1-3(7(16)10(5)19)8(17)12(21)13(22,23)4(1)9(18)11(20)6(2)15. The molecule has 0 atom stereocenters. The van der Waals surface area contributed by atoms with E-state index >= 15 is 0 Å². The van der Waals surface area contributed by atoms with Crippen LogP contribution in [0.2, 0.25) is 0 Å². The average molecular weight is 955 g/mol. The van der Waals surface area contributed by atoms with Crippen LogP contribution in [-0.4, -0.2) is 0 Å². The highest BCUT2D eigenvalue weighted by atomic mass is 79.9. The van der Waals surface area contributed by atoms with E-state index in [-0.39, 0.29) is 0 Å². The first kappa shape index (κ1) is 21.0. The van der Waals surface area contributed by atoms with Gasteiger partial charge in [-0.1, -0.05) is 47.8 Å². The Morgan fingerprint density at radius 2 is 1.00 bits per heavy atom. The maximum absolute atomic E-state index is 3.81. The molecule has 0 saturated heterocycles. The molecule has 0 spiro atoms. The topological polar surface area (TPSA) is 0 Å². The van der Waals surface area contributed by atoms with E-state index in [0.717, 1.165) is 57.7 Å². The van der Waals surface area contributed by atoms with Crippen molar-refractivity contribution in [3.05, 3.63) is 42.4 Å². The summed E-state index contributed by atoms with van der Waals surface area (Å²) < 4.78 is 7.13. The number of hydrogen-bond donors (Lipinski definition) is 0. The fraction of sp³-hybridized carbons (Fsp3) is 0.0769. The van der Waals surface area contributed by atoms with Gasteiger partial charge in [0.05, 0.1) is 0 Å². The average Bonchev–Trinajstić information content (AvgIpc) is 2.48. The lowest BCUT2D eigenvalue weighted by Gasteiger charge is -2.33. The van der Waals surface area contributed by atoms with E-state index in [4.69, 9.17) is 0 Å². The summed E-state index contributed by atoms with van der Waals surface area (Å²) >= 11 is 37.3. The molecule has 0 unspecified atom stereocenters. The summed E-state index contributed by atoms with van der Waals surface area (Å²) in [6.07, 6.45) is 0. The van der Waals surface area contributed by atoms with E-state index in [2.05, 4.69) is 159 Å². The second kappa shape index (κ2) is 7.25. The van der Waals surface area contributed by atoms with Crippen molar-refractivity contribution in [2.24, 2.45) is 0 Å². The van der Waals surface area contributed by atoms with E-state index in [0.29, 0.717) is 0 Å². The molecule has 0 aromatic heterocycles. The first-order chi connectivity index (χ1) is 10.5. The third kappa shape index (κ3) is 3.02. The number of rotatable bonds is 0. The normalized spacial score (nSPS) is 16.4. The Hall–Kier alpha value is 3.24. The lowest BCUT2D eigenvalue weighted by atomic mass is 9.93. The van der Waals surface area contributed by atoms with Crippen LogP contribution >= 0.6 is 159 Å². The molecular weight excluding hydrogens is 955 g/mol. The number of hydrogen-bond acceptors (Lipinski definition) is 0. The van der Waals surface area contributed by atoms with Gasteiger partial charge in [-0.2, -0.15) is 0 Å². The van der Waals surface area contributed by atoms with Crippen LogP contribution in [0.15, 0.2) is 31.3 Å². The minimum absolute atomic E-state index is 0.557.